The van der Waals surface area contributed by atoms with Crippen molar-refractivity contribution in [3.05, 3.63) is 29.3 Å². The van der Waals surface area contributed by atoms with Crippen LogP contribution in [0.4, 0.5) is 10.5 Å². The number of thiol groups is 1. The highest BCUT2D eigenvalue weighted by Gasteiger charge is 2.16. The molecule has 0 saturated carbocycles. The fourth-order valence-electron chi connectivity index (χ4n) is 1.56. The van der Waals surface area contributed by atoms with Gasteiger partial charge in [0.05, 0.1) is 0 Å². The molecular formula is C14H21NO2S. The second kappa shape index (κ2) is 6.14. The van der Waals surface area contributed by atoms with Crippen LogP contribution in [0.5, 0.6) is 0 Å². The number of ether oxygens (including phenoxy) is 1. The number of rotatable bonds is 3. The normalized spacial score (nSPS) is 11.2. The summed E-state index contributed by atoms with van der Waals surface area (Å²) in [7, 11) is 0. The van der Waals surface area contributed by atoms with Crippen molar-refractivity contribution in [1.29, 1.82) is 0 Å². The largest absolute Gasteiger partial charge is 0.444 e. The van der Waals surface area contributed by atoms with Crippen molar-refractivity contribution in [1.82, 2.24) is 0 Å². The van der Waals surface area contributed by atoms with Crippen molar-refractivity contribution in [3.8, 4) is 0 Å². The van der Waals surface area contributed by atoms with Crippen LogP contribution in [0.3, 0.4) is 0 Å². The van der Waals surface area contributed by atoms with Crippen LogP contribution in [0, 0.1) is 6.92 Å². The van der Waals surface area contributed by atoms with E-state index in [1.54, 1.807) is 0 Å². The van der Waals surface area contributed by atoms with Crippen molar-refractivity contribution in [3.63, 3.8) is 0 Å². The lowest BCUT2D eigenvalue weighted by atomic mass is 10.1. The number of benzene rings is 1. The molecule has 0 saturated heterocycles. The van der Waals surface area contributed by atoms with Gasteiger partial charge in [0, 0.05) is 5.69 Å². The summed E-state index contributed by atoms with van der Waals surface area (Å²) >= 11 is 4.20. The van der Waals surface area contributed by atoms with Crippen LogP contribution in [0.1, 0.15) is 31.9 Å². The number of aryl methyl sites for hydroxylation is 2. The molecular weight excluding hydrogens is 246 g/mol. The Balaban J connectivity index is 2.71. The summed E-state index contributed by atoms with van der Waals surface area (Å²) < 4.78 is 5.21. The van der Waals surface area contributed by atoms with Crippen LogP contribution < -0.4 is 5.32 Å². The first-order chi connectivity index (χ1) is 8.31. The molecule has 0 bridgehead atoms. The Bertz CT molecular complexity index is 424. The SMILES string of the molecule is Cc1cc(CCS)ccc1NC(=O)OC(C)(C)C. The van der Waals surface area contributed by atoms with E-state index in [4.69, 9.17) is 4.74 Å². The molecule has 100 valence electrons. The molecule has 0 spiro atoms. The monoisotopic (exact) mass is 267 g/mol. The summed E-state index contributed by atoms with van der Waals surface area (Å²) in [5.41, 5.74) is 2.55. The summed E-state index contributed by atoms with van der Waals surface area (Å²) in [6.45, 7) is 7.49. The molecule has 3 nitrogen and oxygen atoms in total. The third-order valence-corrected chi connectivity index (χ3v) is 2.55. The van der Waals surface area contributed by atoms with Crippen molar-refractivity contribution in [2.24, 2.45) is 0 Å². The minimum absolute atomic E-state index is 0.424. The van der Waals surface area contributed by atoms with E-state index in [0.29, 0.717) is 0 Å². The van der Waals surface area contributed by atoms with Gasteiger partial charge in [-0.05, 0) is 57.1 Å². The zero-order valence-corrected chi connectivity index (χ0v) is 12.3. The average Bonchev–Trinajstić information content (AvgIpc) is 2.20. The van der Waals surface area contributed by atoms with Crippen LogP contribution in [0.2, 0.25) is 0 Å². The maximum atomic E-state index is 11.6. The second-order valence-corrected chi connectivity index (χ2v) is 5.70. The highest BCUT2D eigenvalue weighted by molar-refractivity contribution is 7.80. The van der Waals surface area contributed by atoms with Gasteiger partial charge < -0.3 is 4.74 Å². The van der Waals surface area contributed by atoms with Crippen molar-refractivity contribution < 1.29 is 9.53 Å². The highest BCUT2D eigenvalue weighted by Crippen LogP contribution is 2.18. The van der Waals surface area contributed by atoms with E-state index in [-0.39, 0.29) is 0 Å². The summed E-state index contributed by atoms with van der Waals surface area (Å²) in [6.07, 6.45) is 0.504. The van der Waals surface area contributed by atoms with Gasteiger partial charge in [-0.1, -0.05) is 12.1 Å². The Morgan fingerprint density at radius 3 is 2.56 bits per heavy atom. The van der Waals surface area contributed by atoms with E-state index >= 15 is 0 Å². The third kappa shape index (κ3) is 5.00. The lowest BCUT2D eigenvalue weighted by molar-refractivity contribution is 0.0636. The van der Waals surface area contributed by atoms with Gasteiger partial charge in [-0.15, -0.1) is 0 Å². The van der Waals surface area contributed by atoms with Gasteiger partial charge in [0.15, 0.2) is 0 Å². The first kappa shape index (κ1) is 14.9. The molecule has 4 heteroatoms. The number of carbonyl (C=O) groups is 1. The number of amides is 1. The van der Waals surface area contributed by atoms with Gasteiger partial charge in [0.1, 0.15) is 5.60 Å². The molecule has 0 unspecified atom stereocenters. The summed E-state index contributed by atoms with van der Waals surface area (Å²) in [5.74, 6) is 0.818. The zero-order valence-electron chi connectivity index (χ0n) is 11.4. The van der Waals surface area contributed by atoms with Gasteiger partial charge in [0.2, 0.25) is 0 Å². The predicted octanol–water partition coefficient (Wildman–Crippen LogP) is 3.81. The molecule has 1 rings (SSSR count). The molecule has 1 N–H and O–H groups in total. The lowest BCUT2D eigenvalue weighted by Crippen LogP contribution is -2.27. The topological polar surface area (TPSA) is 38.3 Å². The molecule has 0 aliphatic carbocycles. The highest BCUT2D eigenvalue weighted by atomic mass is 32.1. The quantitative estimate of drug-likeness (QED) is 0.817. The molecule has 18 heavy (non-hydrogen) atoms. The molecule has 0 atom stereocenters. The number of anilines is 1. The minimum atomic E-state index is -0.482. The van der Waals surface area contributed by atoms with Crippen LogP contribution in [0.25, 0.3) is 0 Å². The first-order valence-corrected chi connectivity index (χ1v) is 6.65. The molecule has 1 aromatic carbocycles. The predicted molar refractivity (Wildman–Crippen MR) is 78.6 cm³/mol. The number of hydrogen-bond acceptors (Lipinski definition) is 3. The van der Waals surface area contributed by atoms with E-state index in [0.717, 1.165) is 23.4 Å². The Morgan fingerprint density at radius 1 is 1.39 bits per heavy atom. The van der Waals surface area contributed by atoms with Crippen LogP contribution in [-0.2, 0) is 11.2 Å². The standard InChI is InChI=1S/C14H21NO2S/c1-10-9-11(7-8-18)5-6-12(10)15-13(16)17-14(2,3)4/h5-6,9,18H,7-8H2,1-4H3,(H,15,16). The molecule has 1 aromatic rings. The molecule has 0 aliphatic heterocycles. The third-order valence-electron chi connectivity index (χ3n) is 2.33. The van der Waals surface area contributed by atoms with Crippen molar-refractivity contribution in [2.75, 3.05) is 11.1 Å². The number of nitrogens with one attached hydrogen (secondary N) is 1. The van der Waals surface area contributed by atoms with Crippen LogP contribution in [-0.4, -0.2) is 17.4 Å². The molecule has 0 aromatic heterocycles. The molecule has 0 aliphatic rings. The van der Waals surface area contributed by atoms with E-state index < -0.39 is 11.7 Å². The Labute approximate surface area is 114 Å². The molecule has 0 heterocycles. The fraction of sp³-hybridized carbons (Fsp3) is 0.500. The lowest BCUT2D eigenvalue weighted by Gasteiger charge is -2.20. The van der Waals surface area contributed by atoms with Crippen LogP contribution >= 0.6 is 12.6 Å². The van der Waals surface area contributed by atoms with E-state index in [2.05, 4.69) is 24.0 Å². The van der Waals surface area contributed by atoms with Crippen LogP contribution in [0.15, 0.2) is 18.2 Å². The second-order valence-electron chi connectivity index (χ2n) is 5.25. The van der Waals surface area contributed by atoms with E-state index in [1.165, 1.54) is 5.56 Å². The van der Waals surface area contributed by atoms with Gasteiger partial charge in [-0.3, -0.25) is 5.32 Å². The fourth-order valence-corrected chi connectivity index (χ4v) is 1.82. The number of hydrogen-bond donors (Lipinski definition) is 2. The maximum Gasteiger partial charge on any atom is 0.412 e. The van der Waals surface area contributed by atoms with Crippen molar-refractivity contribution in [2.45, 2.75) is 39.7 Å². The first-order valence-electron chi connectivity index (χ1n) is 6.02. The van der Waals surface area contributed by atoms with Gasteiger partial charge in [-0.2, -0.15) is 12.6 Å². The summed E-state index contributed by atoms with van der Waals surface area (Å²) in [6, 6.07) is 5.96. The summed E-state index contributed by atoms with van der Waals surface area (Å²) in [4.78, 5) is 11.6. The molecule has 0 radical (unpaired) electrons. The maximum absolute atomic E-state index is 11.6. The molecule has 0 fully saturated rings. The van der Waals surface area contributed by atoms with Crippen molar-refractivity contribution >= 4 is 24.4 Å². The minimum Gasteiger partial charge on any atom is -0.444 e. The average molecular weight is 267 g/mol. The Hall–Kier alpha value is -1.16. The van der Waals surface area contributed by atoms with Gasteiger partial charge in [0.25, 0.3) is 0 Å². The number of carbonyl (C=O) groups excluding carboxylic acids is 1. The van der Waals surface area contributed by atoms with Gasteiger partial charge in [-0.25, -0.2) is 4.79 Å². The molecule has 1 amide bonds. The van der Waals surface area contributed by atoms with E-state index in [9.17, 15) is 4.79 Å². The smallest absolute Gasteiger partial charge is 0.412 e. The van der Waals surface area contributed by atoms with E-state index in [1.807, 2.05) is 39.8 Å². The zero-order chi connectivity index (χ0) is 13.8. The summed E-state index contributed by atoms with van der Waals surface area (Å²) in [5, 5.41) is 2.76. The Kier molecular flexibility index (Phi) is 5.08. The Morgan fingerprint density at radius 2 is 2.06 bits per heavy atom. The van der Waals surface area contributed by atoms with Gasteiger partial charge >= 0.3 is 6.09 Å².